The number of hydrogen-bond donors (Lipinski definition) is 1. The first-order chi connectivity index (χ1) is 8.68. The quantitative estimate of drug-likeness (QED) is 0.867. The molecule has 106 valence electrons. The highest BCUT2D eigenvalue weighted by Gasteiger charge is 2.26. The second-order valence-electron chi connectivity index (χ2n) is 5.11. The van der Waals surface area contributed by atoms with Crippen LogP contribution in [0, 0.1) is 11.2 Å². The van der Waals surface area contributed by atoms with E-state index in [1.54, 1.807) is 27.7 Å². The number of halogens is 2. The first-order valence-electron chi connectivity index (χ1n) is 5.87. The number of hydrogen-bond acceptors (Lipinski definition) is 2. The molecule has 0 saturated carbocycles. The van der Waals surface area contributed by atoms with E-state index in [1.165, 1.54) is 6.07 Å². The van der Waals surface area contributed by atoms with Gasteiger partial charge in [0.25, 0.3) is 0 Å². The molecule has 1 aromatic rings. The van der Waals surface area contributed by atoms with Crippen molar-refractivity contribution in [2.24, 2.45) is 5.41 Å². The first-order valence-corrected chi connectivity index (χ1v) is 7.40. The summed E-state index contributed by atoms with van der Waals surface area (Å²) in [7, 11) is -1.69. The molecule has 19 heavy (non-hydrogen) atoms. The Morgan fingerprint density at radius 2 is 2.00 bits per heavy atom. The van der Waals surface area contributed by atoms with Gasteiger partial charge in [-0.25, -0.2) is 13.3 Å². The Morgan fingerprint density at radius 3 is 2.47 bits per heavy atom. The van der Waals surface area contributed by atoms with E-state index < -0.39 is 22.2 Å². The first kappa shape index (κ1) is 16.3. The van der Waals surface area contributed by atoms with Gasteiger partial charge in [0, 0.05) is 17.5 Å². The van der Waals surface area contributed by atoms with Crippen LogP contribution in [0.15, 0.2) is 17.0 Å². The lowest BCUT2D eigenvalue weighted by Crippen LogP contribution is -2.22. The maximum absolute atomic E-state index is 13.7. The van der Waals surface area contributed by atoms with E-state index in [1.807, 2.05) is 0 Å². The molecule has 0 saturated heterocycles. The van der Waals surface area contributed by atoms with E-state index in [0.717, 1.165) is 6.07 Å². The van der Waals surface area contributed by atoms with Gasteiger partial charge in [-0.2, -0.15) is 0 Å². The minimum atomic E-state index is -1.69. The number of rotatable bonds is 4. The Labute approximate surface area is 120 Å². The van der Waals surface area contributed by atoms with Gasteiger partial charge in [0.2, 0.25) is 0 Å². The lowest BCUT2D eigenvalue weighted by molar-refractivity contribution is 0.0858. The molecule has 6 heteroatoms. The molecule has 0 fully saturated rings. The van der Waals surface area contributed by atoms with Gasteiger partial charge in [0.1, 0.15) is 16.8 Å². The molecule has 0 aromatic heterocycles. The van der Waals surface area contributed by atoms with Crippen molar-refractivity contribution < 1.29 is 13.4 Å². The van der Waals surface area contributed by atoms with Crippen LogP contribution in [-0.2, 0) is 11.0 Å². The van der Waals surface area contributed by atoms with Gasteiger partial charge in [0.15, 0.2) is 5.78 Å². The number of nitrogens with one attached hydrogen (secondary N) is 1. The Bertz CT molecular complexity index is 526. The molecule has 0 amide bonds. The van der Waals surface area contributed by atoms with E-state index >= 15 is 0 Å². The van der Waals surface area contributed by atoms with Crippen LogP contribution < -0.4 is 4.72 Å². The highest BCUT2D eigenvalue weighted by atomic mass is 35.5. The summed E-state index contributed by atoms with van der Waals surface area (Å²) in [5, 5.41) is 0.0367. The van der Waals surface area contributed by atoms with Gasteiger partial charge < -0.3 is 0 Å². The van der Waals surface area contributed by atoms with Gasteiger partial charge in [-0.15, -0.1) is 0 Å². The van der Waals surface area contributed by atoms with Gasteiger partial charge in [0.05, 0.1) is 9.92 Å². The second kappa shape index (κ2) is 6.11. The summed E-state index contributed by atoms with van der Waals surface area (Å²) in [4.78, 5) is 12.1. The summed E-state index contributed by atoms with van der Waals surface area (Å²) in [5.41, 5.74) is -0.449. The summed E-state index contributed by atoms with van der Waals surface area (Å²) >= 11 is 5.90. The highest BCUT2D eigenvalue weighted by Crippen LogP contribution is 2.29. The van der Waals surface area contributed by atoms with Crippen LogP contribution >= 0.6 is 11.6 Å². The molecule has 0 bridgehead atoms. The Hall–Kier alpha value is -0.780. The Balaban J connectivity index is 3.32. The summed E-state index contributed by atoms with van der Waals surface area (Å²) in [6.07, 6.45) is 0. The molecule has 0 aliphatic heterocycles. The van der Waals surface area contributed by atoms with Crippen LogP contribution in [0.4, 0.5) is 4.39 Å². The molecular formula is C13H17ClFNO2S. The number of ketones is 1. The minimum Gasteiger partial charge on any atom is -0.294 e. The third-order valence-corrected chi connectivity index (χ3v) is 4.00. The molecule has 1 unspecified atom stereocenters. The topological polar surface area (TPSA) is 46.2 Å². The van der Waals surface area contributed by atoms with Crippen molar-refractivity contribution in [2.45, 2.75) is 32.6 Å². The predicted octanol–water partition coefficient (Wildman–Crippen LogP) is 3.34. The normalized spacial score (nSPS) is 13.4. The van der Waals surface area contributed by atoms with Gasteiger partial charge >= 0.3 is 0 Å². The average Bonchev–Trinajstić information content (AvgIpc) is 2.27. The summed E-state index contributed by atoms with van der Waals surface area (Å²) < 4.78 is 28.1. The maximum atomic E-state index is 13.7. The molecule has 0 aliphatic carbocycles. The lowest BCUT2D eigenvalue weighted by Gasteiger charge is -2.18. The summed E-state index contributed by atoms with van der Waals surface area (Å²) in [6, 6.07) is 2.30. The fourth-order valence-electron chi connectivity index (χ4n) is 1.46. The van der Waals surface area contributed by atoms with Crippen LogP contribution in [-0.4, -0.2) is 16.5 Å². The predicted molar refractivity (Wildman–Crippen MR) is 75.3 cm³/mol. The van der Waals surface area contributed by atoms with E-state index in [2.05, 4.69) is 4.72 Å². The standard InChI is InChI=1S/C13H17ClFNO2S/c1-5-16-19(18)11-6-8(9(14)7-10(11)15)12(17)13(2,3)4/h6-7,16H,5H2,1-4H3. The molecule has 0 heterocycles. The average molecular weight is 306 g/mol. The second-order valence-corrected chi connectivity index (χ2v) is 6.78. The molecule has 1 atom stereocenters. The number of Topliss-reactive ketones (excluding diaryl/α,β-unsaturated/α-hetero) is 1. The van der Waals surface area contributed by atoms with Crippen molar-refractivity contribution in [1.29, 1.82) is 0 Å². The van der Waals surface area contributed by atoms with E-state index in [-0.39, 0.29) is 21.3 Å². The van der Waals surface area contributed by atoms with E-state index in [4.69, 9.17) is 11.6 Å². The molecule has 0 radical (unpaired) electrons. The third-order valence-electron chi connectivity index (χ3n) is 2.42. The van der Waals surface area contributed by atoms with Crippen molar-refractivity contribution in [2.75, 3.05) is 6.54 Å². The van der Waals surface area contributed by atoms with Gasteiger partial charge in [-0.3, -0.25) is 4.79 Å². The number of carbonyl (C=O) groups excluding carboxylic acids is 1. The van der Waals surface area contributed by atoms with Crippen LogP contribution in [0.5, 0.6) is 0 Å². The highest BCUT2D eigenvalue weighted by molar-refractivity contribution is 7.83. The van der Waals surface area contributed by atoms with Crippen molar-refractivity contribution >= 4 is 28.4 Å². The molecule has 1 aromatic carbocycles. The van der Waals surface area contributed by atoms with E-state index in [0.29, 0.717) is 6.54 Å². The Morgan fingerprint density at radius 1 is 1.42 bits per heavy atom. The van der Waals surface area contributed by atoms with Gasteiger partial charge in [-0.05, 0) is 12.1 Å². The van der Waals surface area contributed by atoms with Crippen LogP contribution in [0.1, 0.15) is 38.1 Å². The monoisotopic (exact) mass is 305 g/mol. The largest absolute Gasteiger partial charge is 0.294 e. The van der Waals surface area contributed by atoms with Crippen molar-refractivity contribution in [1.82, 2.24) is 4.72 Å². The number of benzene rings is 1. The van der Waals surface area contributed by atoms with Crippen LogP contribution in [0.2, 0.25) is 5.02 Å². The zero-order valence-corrected chi connectivity index (χ0v) is 12.9. The Kier molecular flexibility index (Phi) is 5.24. The fourth-order valence-corrected chi connectivity index (χ4v) is 2.57. The molecule has 1 N–H and O–H groups in total. The zero-order valence-electron chi connectivity index (χ0n) is 11.3. The molecule has 1 rings (SSSR count). The lowest BCUT2D eigenvalue weighted by atomic mass is 9.86. The number of carbonyl (C=O) groups is 1. The molecular weight excluding hydrogens is 289 g/mol. The van der Waals surface area contributed by atoms with Crippen molar-refractivity contribution in [3.05, 3.63) is 28.5 Å². The smallest absolute Gasteiger partial charge is 0.169 e. The fraction of sp³-hybridized carbons (Fsp3) is 0.462. The minimum absolute atomic E-state index is 0.0367. The molecule has 0 spiro atoms. The van der Waals surface area contributed by atoms with E-state index in [9.17, 15) is 13.4 Å². The summed E-state index contributed by atoms with van der Waals surface area (Å²) in [6.45, 7) is 7.42. The maximum Gasteiger partial charge on any atom is 0.169 e. The van der Waals surface area contributed by atoms with Crippen molar-refractivity contribution in [3.63, 3.8) is 0 Å². The summed E-state index contributed by atoms with van der Waals surface area (Å²) in [5.74, 6) is -0.901. The SMILES string of the molecule is CCNS(=O)c1cc(C(=O)C(C)(C)C)c(Cl)cc1F. The molecule has 3 nitrogen and oxygen atoms in total. The van der Waals surface area contributed by atoms with Crippen LogP contribution in [0.3, 0.4) is 0 Å². The van der Waals surface area contributed by atoms with Crippen LogP contribution in [0.25, 0.3) is 0 Å². The molecule has 0 aliphatic rings. The zero-order chi connectivity index (χ0) is 14.8. The van der Waals surface area contributed by atoms with Gasteiger partial charge in [-0.1, -0.05) is 39.3 Å². The van der Waals surface area contributed by atoms with Crippen molar-refractivity contribution in [3.8, 4) is 0 Å². The third kappa shape index (κ3) is 3.84.